The van der Waals surface area contributed by atoms with Crippen LogP contribution in [-0.4, -0.2) is 27.1 Å². The number of rotatable bonds is 8. The van der Waals surface area contributed by atoms with Gasteiger partial charge in [0.15, 0.2) is 18.9 Å². The van der Waals surface area contributed by atoms with Gasteiger partial charge in [0, 0.05) is 19.4 Å². The summed E-state index contributed by atoms with van der Waals surface area (Å²) in [6.07, 6.45) is 1.45. The van der Waals surface area contributed by atoms with Crippen molar-refractivity contribution < 1.29 is 53.4 Å². The molecule has 1 atom stereocenters. The Labute approximate surface area is 211 Å². The Morgan fingerprint density at radius 2 is 1.55 bits per heavy atom. The third kappa shape index (κ3) is 6.51. The molecule has 1 heterocycles. The Morgan fingerprint density at radius 1 is 1.03 bits per heavy atom. The van der Waals surface area contributed by atoms with E-state index in [1.54, 1.807) is 54.6 Å². The molecule has 3 rings (SSSR count). The third-order valence-electron chi connectivity index (χ3n) is 4.66. The minimum Gasteiger partial charge on any atom is -0.773 e. The average Bonchev–Trinajstić information content (AvgIpc) is 2.79. The first-order valence-corrected chi connectivity index (χ1v) is 11.0. The van der Waals surface area contributed by atoms with Crippen molar-refractivity contribution >= 4 is 13.4 Å². The van der Waals surface area contributed by atoms with Crippen LogP contribution in [0.15, 0.2) is 88.0 Å². The molecule has 0 aliphatic heterocycles. The second kappa shape index (κ2) is 11.6. The third-order valence-corrected chi connectivity index (χ3v) is 5.83. The monoisotopic (exact) mass is 478 g/mol. The zero-order valence-corrected chi connectivity index (χ0v) is 21.0. The molecule has 0 amide bonds. The number of nitrogens with zero attached hydrogens (tertiary/aromatic N) is 2. The van der Waals surface area contributed by atoms with Crippen LogP contribution in [0.4, 0.5) is 0 Å². The fourth-order valence-electron chi connectivity index (χ4n) is 2.99. The van der Waals surface area contributed by atoms with Gasteiger partial charge in [-0.2, -0.15) is 0 Å². The summed E-state index contributed by atoms with van der Waals surface area (Å²) in [5.41, 5.74) is -1.93. The van der Waals surface area contributed by atoms with Crippen molar-refractivity contribution in [3.63, 3.8) is 0 Å². The van der Waals surface area contributed by atoms with Gasteiger partial charge >= 0.3 is 35.2 Å². The molecule has 33 heavy (non-hydrogen) atoms. The second-order valence-corrected chi connectivity index (χ2v) is 8.68. The number of carbonyl (C=O) groups excluding carboxylic acids is 1. The molecular formula is C22H20N2NaO7P. The number of hydrogen-bond donors (Lipinski definition) is 1. The van der Waals surface area contributed by atoms with E-state index in [0.29, 0.717) is 11.6 Å². The Balaban J connectivity index is 0.00000385. The SMILES string of the molecule is COP(=O)([O-])C(O)=CC(=O)c1cn(Cc2ccccc2)c(=O)n(Cc2ccccc2)c1=O.[Na+]. The second-order valence-electron chi connectivity index (χ2n) is 6.86. The van der Waals surface area contributed by atoms with E-state index < -0.39 is 35.7 Å². The van der Waals surface area contributed by atoms with Gasteiger partial charge in [-0.05, 0) is 11.1 Å². The van der Waals surface area contributed by atoms with Crippen molar-refractivity contribution in [2.75, 3.05) is 7.11 Å². The Hall–Kier alpha value is -2.52. The Kier molecular flexibility index (Phi) is 9.36. The van der Waals surface area contributed by atoms with E-state index in [9.17, 15) is 28.9 Å². The largest absolute Gasteiger partial charge is 1.00 e. The van der Waals surface area contributed by atoms with Gasteiger partial charge in [-0.25, -0.2) is 4.79 Å². The maximum atomic E-state index is 13.0. The predicted molar refractivity (Wildman–Crippen MR) is 116 cm³/mol. The fourth-order valence-corrected chi connectivity index (χ4v) is 3.45. The summed E-state index contributed by atoms with van der Waals surface area (Å²) >= 11 is 0. The van der Waals surface area contributed by atoms with Gasteiger partial charge in [-0.15, -0.1) is 0 Å². The molecule has 0 saturated carbocycles. The van der Waals surface area contributed by atoms with Gasteiger partial charge in [0.2, 0.25) is 0 Å². The Bertz CT molecular complexity index is 1320. The van der Waals surface area contributed by atoms with Crippen LogP contribution in [0.3, 0.4) is 0 Å². The van der Waals surface area contributed by atoms with E-state index in [1.807, 2.05) is 6.07 Å². The zero-order chi connectivity index (χ0) is 23.3. The summed E-state index contributed by atoms with van der Waals surface area (Å²) in [6, 6.07) is 17.6. The normalized spacial score (nSPS) is 13.1. The van der Waals surface area contributed by atoms with Crippen LogP contribution in [0.25, 0.3) is 0 Å². The van der Waals surface area contributed by atoms with E-state index in [2.05, 4.69) is 4.52 Å². The van der Waals surface area contributed by atoms with Crippen LogP contribution in [-0.2, 0) is 22.2 Å². The first-order valence-electron chi connectivity index (χ1n) is 9.47. The molecule has 3 aromatic rings. The van der Waals surface area contributed by atoms with Gasteiger partial charge in [-0.3, -0.25) is 18.7 Å². The molecule has 1 aromatic heterocycles. The standard InChI is InChI=1S/C22H21N2O7P.Na/c1-31-32(29,30)20(26)12-19(25)18-15-23(13-16-8-4-2-5-9-16)22(28)24(21(18)27)14-17-10-6-3-7-11-17;/h2-12,15,26H,13-14H2,1H3,(H,29,30);/q;+1/p-1. The van der Waals surface area contributed by atoms with Crippen LogP contribution >= 0.6 is 7.60 Å². The summed E-state index contributed by atoms with van der Waals surface area (Å²) in [6.45, 7) is -0.0227. The zero-order valence-electron chi connectivity index (χ0n) is 18.1. The van der Waals surface area contributed by atoms with Crippen LogP contribution in [0.5, 0.6) is 0 Å². The van der Waals surface area contributed by atoms with Crippen LogP contribution in [0, 0.1) is 0 Å². The molecule has 9 nitrogen and oxygen atoms in total. The van der Waals surface area contributed by atoms with Crippen molar-refractivity contribution in [1.29, 1.82) is 0 Å². The first kappa shape index (κ1) is 26.7. The van der Waals surface area contributed by atoms with Crippen LogP contribution < -0.4 is 45.7 Å². The smallest absolute Gasteiger partial charge is 0.773 e. The molecule has 0 spiro atoms. The molecule has 0 aliphatic carbocycles. The van der Waals surface area contributed by atoms with Crippen molar-refractivity contribution in [3.8, 4) is 0 Å². The molecule has 0 fully saturated rings. The Morgan fingerprint density at radius 3 is 2.06 bits per heavy atom. The molecular weight excluding hydrogens is 458 g/mol. The van der Waals surface area contributed by atoms with Crippen molar-refractivity contribution in [1.82, 2.24) is 9.13 Å². The van der Waals surface area contributed by atoms with E-state index in [4.69, 9.17) is 0 Å². The number of aliphatic hydroxyl groups excluding tert-OH is 1. The number of carbonyl (C=O) groups is 1. The first-order chi connectivity index (χ1) is 15.2. The number of hydrogen-bond acceptors (Lipinski definition) is 7. The van der Waals surface area contributed by atoms with Crippen molar-refractivity contribution in [2.45, 2.75) is 13.1 Å². The van der Waals surface area contributed by atoms with E-state index in [0.717, 1.165) is 23.4 Å². The molecule has 0 radical (unpaired) electrons. The maximum absolute atomic E-state index is 13.0. The number of benzene rings is 2. The maximum Gasteiger partial charge on any atom is 1.00 e. The van der Waals surface area contributed by atoms with Gasteiger partial charge in [0.1, 0.15) is 5.56 Å². The molecule has 166 valence electrons. The van der Waals surface area contributed by atoms with Crippen molar-refractivity contribution in [3.05, 3.63) is 116 Å². The molecule has 0 aliphatic rings. The number of ketones is 1. The minimum atomic E-state index is -4.83. The van der Waals surface area contributed by atoms with E-state index in [1.165, 1.54) is 4.57 Å². The van der Waals surface area contributed by atoms with Gasteiger partial charge < -0.3 is 19.1 Å². The summed E-state index contributed by atoms with van der Waals surface area (Å²) in [5.74, 6) is -1.08. The summed E-state index contributed by atoms with van der Waals surface area (Å²) < 4.78 is 17.9. The molecule has 11 heteroatoms. The number of aliphatic hydroxyl groups is 1. The molecule has 1 N–H and O–H groups in total. The number of aromatic nitrogens is 2. The van der Waals surface area contributed by atoms with E-state index >= 15 is 0 Å². The van der Waals surface area contributed by atoms with Gasteiger partial charge in [-0.1, -0.05) is 60.7 Å². The molecule has 2 aromatic carbocycles. The van der Waals surface area contributed by atoms with Gasteiger partial charge in [0.05, 0.1) is 13.1 Å². The number of allylic oxidation sites excluding steroid dienone is 1. The average molecular weight is 478 g/mol. The summed E-state index contributed by atoms with van der Waals surface area (Å²) in [7, 11) is -4.00. The molecule has 1 unspecified atom stereocenters. The predicted octanol–water partition coefficient (Wildman–Crippen LogP) is -1.11. The topological polar surface area (TPSA) is 131 Å². The minimum absolute atomic E-state index is 0. The summed E-state index contributed by atoms with van der Waals surface area (Å²) in [4.78, 5) is 50.3. The van der Waals surface area contributed by atoms with Crippen molar-refractivity contribution in [2.24, 2.45) is 0 Å². The van der Waals surface area contributed by atoms with Gasteiger partial charge in [0.25, 0.3) is 5.56 Å². The van der Waals surface area contributed by atoms with Crippen LogP contribution in [0.2, 0.25) is 0 Å². The molecule has 0 bridgehead atoms. The quantitative estimate of drug-likeness (QED) is 0.143. The fraction of sp³-hybridized carbons (Fsp3) is 0.136. The molecule has 0 saturated heterocycles. The summed E-state index contributed by atoms with van der Waals surface area (Å²) in [5, 5.41) is 9.73. The van der Waals surface area contributed by atoms with Crippen LogP contribution in [0.1, 0.15) is 21.5 Å². The van der Waals surface area contributed by atoms with E-state index in [-0.39, 0.29) is 42.6 Å².